The fourth-order valence-electron chi connectivity index (χ4n) is 2.59. The number of sulfonamides is 1. The Morgan fingerprint density at radius 1 is 1.38 bits per heavy atom. The van der Waals surface area contributed by atoms with Crippen LogP contribution in [0, 0.1) is 28.8 Å². The van der Waals surface area contributed by atoms with E-state index < -0.39 is 26.5 Å². The molecule has 0 saturated heterocycles. The summed E-state index contributed by atoms with van der Waals surface area (Å²) in [7, 11) is -3.89. The maximum atomic E-state index is 13.6. The van der Waals surface area contributed by atoms with Gasteiger partial charge < -0.3 is 0 Å². The quantitative estimate of drug-likeness (QED) is 0.682. The Hall–Kier alpha value is -1.54. The summed E-state index contributed by atoms with van der Waals surface area (Å²) in [5.74, 6) is -0.788. The maximum Gasteiger partial charge on any atom is 0.306 e. The lowest BCUT2D eigenvalue weighted by atomic mass is 10.1. The van der Waals surface area contributed by atoms with Crippen molar-refractivity contribution in [2.24, 2.45) is 5.92 Å². The summed E-state index contributed by atoms with van der Waals surface area (Å²) in [6.07, 6.45) is 2.62. The van der Waals surface area contributed by atoms with Crippen LogP contribution in [-0.4, -0.2) is 19.4 Å². The molecule has 1 aliphatic carbocycles. The van der Waals surface area contributed by atoms with Gasteiger partial charge in [-0.3, -0.25) is 10.1 Å². The van der Waals surface area contributed by atoms with E-state index in [0.29, 0.717) is 0 Å². The van der Waals surface area contributed by atoms with Gasteiger partial charge in [-0.2, -0.15) is 4.39 Å². The number of halogens is 1. The summed E-state index contributed by atoms with van der Waals surface area (Å²) >= 11 is 0. The number of nitrogens with one attached hydrogen (secondary N) is 1. The molecule has 2 atom stereocenters. The van der Waals surface area contributed by atoms with Gasteiger partial charge in [-0.1, -0.05) is 13.3 Å². The van der Waals surface area contributed by atoms with Crippen LogP contribution in [0.5, 0.6) is 0 Å². The highest BCUT2D eigenvalue weighted by molar-refractivity contribution is 7.89. The second-order valence-corrected chi connectivity index (χ2v) is 7.18. The molecule has 0 aromatic heterocycles. The normalized spacial score (nSPS) is 22.4. The number of aryl methyl sites for hydroxylation is 1. The van der Waals surface area contributed by atoms with Crippen molar-refractivity contribution in [1.29, 1.82) is 0 Å². The van der Waals surface area contributed by atoms with E-state index in [1.165, 1.54) is 6.92 Å². The van der Waals surface area contributed by atoms with E-state index in [9.17, 15) is 22.9 Å². The molecule has 1 aliphatic rings. The van der Waals surface area contributed by atoms with Crippen LogP contribution in [0.15, 0.2) is 17.0 Å². The first kappa shape index (κ1) is 15.8. The molecular weight excluding hydrogens is 299 g/mol. The third-order valence-electron chi connectivity index (χ3n) is 3.88. The molecule has 1 aromatic carbocycles. The van der Waals surface area contributed by atoms with Crippen molar-refractivity contribution in [3.05, 3.63) is 33.6 Å². The third-order valence-corrected chi connectivity index (χ3v) is 5.35. The van der Waals surface area contributed by atoms with Gasteiger partial charge in [0, 0.05) is 12.1 Å². The van der Waals surface area contributed by atoms with Crippen molar-refractivity contribution in [1.82, 2.24) is 4.72 Å². The van der Waals surface area contributed by atoms with E-state index >= 15 is 0 Å². The molecule has 1 fully saturated rings. The highest BCUT2D eigenvalue weighted by atomic mass is 32.2. The summed E-state index contributed by atoms with van der Waals surface area (Å²) in [5, 5.41) is 10.8. The standard InChI is InChI=1S/C13H17FN2O4S/c1-8-4-3-5-11(8)15-21(19,20)10-6-9(2)13(14)12(7-10)16(17)18/h6-8,11,15H,3-5H2,1-2H3. The largest absolute Gasteiger partial charge is 0.306 e. The molecule has 8 heteroatoms. The van der Waals surface area contributed by atoms with Crippen molar-refractivity contribution in [3.63, 3.8) is 0 Å². The molecule has 21 heavy (non-hydrogen) atoms. The van der Waals surface area contributed by atoms with Crippen LogP contribution in [0.25, 0.3) is 0 Å². The molecule has 2 unspecified atom stereocenters. The van der Waals surface area contributed by atoms with Crippen LogP contribution in [0.2, 0.25) is 0 Å². The van der Waals surface area contributed by atoms with E-state index in [1.54, 1.807) is 0 Å². The first-order chi connectivity index (χ1) is 9.72. The number of nitrogens with zero attached hydrogens (tertiary/aromatic N) is 1. The molecule has 0 radical (unpaired) electrons. The van der Waals surface area contributed by atoms with Crippen LogP contribution in [0.4, 0.5) is 10.1 Å². The van der Waals surface area contributed by atoms with E-state index in [4.69, 9.17) is 0 Å². The SMILES string of the molecule is Cc1cc(S(=O)(=O)NC2CCCC2C)cc([N+](=O)[O-])c1F. The summed E-state index contributed by atoms with van der Waals surface area (Å²) in [6, 6.07) is 1.70. The molecule has 1 aromatic rings. The Balaban J connectivity index is 2.38. The lowest BCUT2D eigenvalue weighted by Crippen LogP contribution is -2.36. The van der Waals surface area contributed by atoms with Crippen LogP contribution < -0.4 is 4.72 Å². The molecule has 0 aliphatic heterocycles. The minimum atomic E-state index is -3.89. The number of benzene rings is 1. The van der Waals surface area contributed by atoms with Gasteiger partial charge in [-0.15, -0.1) is 0 Å². The fraction of sp³-hybridized carbons (Fsp3) is 0.538. The Bertz CT molecular complexity index is 675. The van der Waals surface area contributed by atoms with Gasteiger partial charge in [0.1, 0.15) is 0 Å². The van der Waals surface area contributed by atoms with Crippen LogP contribution in [0.3, 0.4) is 0 Å². The summed E-state index contributed by atoms with van der Waals surface area (Å²) in [4.78, 5) is 9.61. The van der Waals surface area contributed by atoms with Crippen LogP contribution >= 0.6 is 0 Å². The lowest BCUT2D eigenvalue weighted by Gasteiger charge is -2.17. The van der Waals surface area contributed by atoms with E-state index in [-0.39, 0.29) is 22.4 Å². The highest BCUT2D eigenvalue weighted by Gasteiger charge is 2.30. The van der Waals surface area contributed by atoms with Crippen molar-refractivity contribution < 1.29 is 17.7 Å². The number of hydrogen-bond acceptors (Lipinski definition) is 4. The van der Waals surface area contributed by atoms with Gasteiger partial charge in [-0.25, -0.2) is 13.1 Å². The molecule has 6 nitrogen and oxygen atoms in total. The van der Waals surface area contributed by atoms with Gasteiger partial charge in [0.05, 0.1) is 9.82 Å². The first-order valence-corrected chi connectivity index (χ1v) is 8.17. The zero-order valence-electron chi connectivity index (χ0n) is 11.8. The summed E-state index contributed by atoms with van der Waals surface area (Å²) in [5.41, 5.74) is -0.890. The van der Waals surface area contributed by atoms with Gasteiger partial charge in [-0.05, 0) is 37.3 Å². The van der Waals surface area contributed by atoms with Crippen molar-refractivity contribution in [2.45, 2.75) is 44.0 Å². The Morgan fingerprint density at radius 3 is 2.57 bits per heavy atom. The molecule has 0 bridgehead atoms. The number of hydrogen-bond donors (Lipinski definition) is 1. The number of nitro benzene ring substituents is 1. The second-order valence-electron chi connectivity index (χ2n) is 5.47. The zero-order valence-corrected chi connectivity index (χ0v) is 12.6. The minimum absolute atomic E-state index is 0.0657. The van der Waals surface area contributed by atoms with Crippen LogP contribution in [-0.2, 0) is 10.0 Å². The van der Waals surface area contributed by atoms with Gasteiger partial charge >= 0.3 is 5.69 Å². The van der Waals surface area contributed by atoms with Gasteiger partial charge in [0.15, 0.2) is 0 Å². The van der Waals surface area contributed by atoms with Gasteiger partial charge in [0.25, 0.3) is 0 Å². The predicted octanol–water partition coefficient (Wildman–Crippen LogP) is 2.51. The lowest BCUT2D eigenvalue weighted by molar-refractivity contribution is -0.387. The molecule has 0 heterocycles. The van der Waals surface area contributed by atoms with Crippen molar-refractivity contribution in [3.8, 4) is 0 Å². The Kier molecular flexibility index (Phi) is 4.29. The molecule has 116 valence electrons. The predicted molar refractivity (Wildman–Crippen MR) is 74.9 cm³/mol. The van der Waals surface area contributed by atoms with Crippen molar-refractivity contribution >= 4 is 15.7 Å². The van der Waals surface area contributed by atoms with Gasteiger partial charge in [0.2, 0.25) is 15.8 Å². The van der Waals surface area contributed by atoms with E-state index in [1.807, 2.05) is 6.92 Å². The van der Waals surface area contributed by atoms with E-state index in [0.717, 1.165) is 31.4 Å². The average Bonchev–Trinajstić information content (AvgIpc) is 2.77. The Morgan fingerprint density at radius 2 is 2.05 bits per heavy atom. The maximum absolute atomic E-state index is 13.6. The molecular formula is C13H17FN2O4S. The fourth-order valence-corrected chi connectivity index (χ4v) is 4.08. The smallest absolute Gasteiger partial charge is 0.258 e. The molecule has 0 amide bonds. The summed E-state index contributed by atoms with van der Waals surface area (Å²) in [6.45, 7) is 3.26. The number of rotatable bonds is 4. The second kappa shape index (κ2) is 5.69. The Labute approximate surface area is 122 Å². The topological polar surface area (TPSA) is 89.3 Å². The van der Waals surface area contributed by atoms with Crippen LogP contribution in [0.1, 0.15) is 31.7 Å². The van der Waals surface area contributed by atoms with Crippen molar-refractivity contribution in [2.75, 3.05) is 0 Å². The monoisotopic (exact) mass is 316 g/mol. The third kappa shape index (κ3) is 3.21. The molecule has 1 saturated carbocycles. The highest BCUT2D eigenvalue weighted by Crippen LogP contribution is 2.28. The molecule has 1 N–H and O–H groups in total. The molecule has 2 rings (SSSR count). The first-order valence-electron chi connectivity index (χ1n) is 6.69. The zero-order chi connectivity index (χ0) is 15.8. The average molecular weight is 316 g/mol. The minimum Gasteiger partial charge on any atom is -0.258 e. The molecule has 0 spiro atoms. The number of nitro groups is 1. The van der Waals surface area contributed by atoms with E-state index in [2.05, 4.69) is 4.72 Å². The summed E-state index contributed by atoms with van der Waals surface area (Å²) < 4.78 is 40.8.